The molecule has 1 saturated heterocycles. The van der Waals surface area contributed by atoms with Crippen molar-refractivity contribution in [3.8, 4) is 0 Å². The first-order chi connectivity index (χ1) is 14.2. The molecule has 5 N–H and O–H groups in total. The summed E-state index contributed by atoms with van der Waals surface area (Å²) in [6, 6.07) is 2.00. The van der Waals surface area contributed by atoms with Gasteiger partial charge in [-0.05, 0) is 18.9 Å². The van der Waals surface area contributed by atoms with Crippen molar-refractivity contribution in [2.75, 3.05) is 18.3 Å². The molecule has 0 radical (unpaired) electrons. The van der Waals surface area contributed by atoms with Gasteiger partial charge in [0, 0.05) is 6.04 Å². The molecule has 0 aromatic carbocycles. The number of nitrogens with one attached hydrogen (secondary N) is 1. The number of aliphatic hydroxyl groups excluding tert-OH is 2. The molecular weight excluding hydrogens is 439 g/mol. The van der Waals surface area contributed by atoms with Gasteiger partial charge < -0.3 is 34.8 Å². The first kappa shape index (κ1) is 21.9. The van der Waals surface area contributed by atoms with Crippen LogP contribution in [0.1, 0.15) is 31.9 Å². The Morgan fingerprint density at radius 2 is 2.00 bits per heavy atom. The number of rotatable bonds is 7. The van der Waals surface area contributed by atoms with Crippen molar-refractivity contribution in [2.24, 2.45) is 0 Å². The highest BCUT2D eigenvalue weighted by atomic mass is 35.5. The lowest BCUT2D eigenvalue weighted by Crippen LogP contribution is -2.34. The monoisotopic (exact) mass is 462 g/mol. The molecule has 1 saturated carbocycles. The van der Waals surface area contributed by atoms with E-state index in [1.165, 1.54) is 23.7 Å². The van der Waals surface area contributed by atoms with Crippen molar-refractivity contribution in [1.82, 2.24) is 14.5 Å². The summed E-state index contributed by atoms with van der Waals surface area (Å²) in [7, 11) is -4.35. The maximum Gasteiger partial charge on any atom is 0.350 e. The number of hydrogen-bond acceptors (Lipinski definition) is 8. The molecule has 2 fully saturated rings. The Balaban J connectivity index is 1.56. The number of hydrogen-bond donors (Lipinski definition) is 5. The van der Waals surface area contributed by atoms with Crippen molar-refractivity contribution >= 4 is 36.0 Å². The van der Waals surface area contributed by atoms with Gasteiger partial charge in [-0.25, -0.2) is 9.97 Å². The van der Waals surface area contributed by atoms with Crippen molar-refractivity contribution in [3.63, 3.8) is 0 Å². The third kappa shape index (κ3) is 4.49. The predicted molar refractivity (Wildman–Crippen MR) is 107 cm³/mol. The third-order valence-corrected chi connectivity index (χ3v) is 6.22. The van der Waals surface area contributed by atoms with Gasteiger partial charge in [0.2, 0.25) is 0 Å². The Labute approximate surface area is 177 Å². The largest absolute Gasteiger partial charge is 0.387 e. The predicted octanol–water partition coefficient (Wildman–Crippen LogP) is 1.21. The Morgan fingerprint density at radius 3 is 2.70 bits per heavy atom. The van der Waals surface area contributed by atoms with Crippen LogP contribution in [0.4, 0.5) is 5.82 Å². The molecule has 166 valence electrons. The molecule has 1 aliphatic carbocycles. The smallest absolute Gasteiger partial charge is 0.350 e. The van der Waals surface area contributed by atoms with Crippen LogP contribution in [0.25, 0.3) is 11.0 Å². The second-order valence-electron chi connectivity index (χ2n) is 7.63. The summed E-state index contributed by atoms with van der Waals surface area (Å²) < 4.78 is 23.1. The molecule has 0 unspecified atom stereocenters. The standard InChI is InChI=1S/C17H24ClN4O7P/c18-12-5-10-15(21-9-3-1-2-4-9)19-7-20-16(10)22(12)17-14(24)13(23)11(29-17)6-28-8-30(25,26)27/h5,7,9,11,13-14,17,23-24H,1-4,6,8H2,(H,19,20,21)(H2,25,26,27)/t11-,13-,14-,17-/m1/s1. The molecule has 0 spiro atoms. The fourth-order valence-corrected chi connectivity index (χ4v) is 4.62. The molecule has 11 nitrogen and oxygen atoms in total. The third-order valence-electron chi connectivity index (χ3n) is 5.41. The number of anilines is 1. The van der Waals surface area contributed by atoms with Crippen LogP contribution in [0.5, 0.6) is 0 Å². The van der Waals surface area contributed by atoms with Crippen LogP contribution < -0.4 is 5.32 Å². The first-order valence-corrected chi connectivity index (χ1v) is 11.8. The van der Waals surface area contributed by atoms with E-state index in [-0.39, 0.29) is 11.8 Å². The summed E-state index contributed by atoms with van der Waals surface area (Å²) >= 11 is 6.42. The molecule has 4 rings (SSSR count). The second kappa shape index (κ2) is 8.68. The van der Waals surface area contributed by atoms with Crippen molar-refractivity contribution in [3.05, 3.63) is 17.5 Å². The maximum absolute atomic E-state index is 10.9. The number of halogens is 1. The molecule has 2 aromatic rings. The van der Waals surface area contributed by atoms with Gasteiger partial charge in [0.15, 0.2) is 6.23 Å². The Kier molecular flexibility index (Phi) is 6.34. The zero-order valence-electron chi connectivity index (χ0n) is 16.0. The summed E-state index contributed by atoms with van der Waals surface area (Å²) in [6.45, 7) is -0.305. The highest BCUT2D eigenvalue weighted by Gasteiger charge is 2.45. The van der Waals surface area contributed by atoms with Gasteiger partial charge in [-0.3, -0.25) is 9.13 Å². The Morgan fingerprint density at radius 1 is 1.27 bits per heavy atom. The first-order valence-electron chi connectivity index (χ1n) is 9.66. The fourth-order valence-electron chi connectivity index (χ4n) is 3.99. The van der Waals surface area contributed by atoms with E-state index in [1.807, 2.05) is 0 Å². The molecule has 13 heteroatoms. The number of aliphatic hydroxyl groups is 2. The van der Waals surface area contributed by atoms with E-state index in [0.717, 1.165) is 12.8 Å². The van der Waals surface area contributed by atoms with Crippen LogP contribution >= 0.6 is 19.2 Å². The van der Waals surface area contributed by atoms with Crippen molar-refractivity contribution in [2.45, 2.75) is 56.3 Å². The molecule has 0 amide bonds. The molecule has 0 bridgehead atoms. The number of aromatic nitrogens is 3. The van der Waals surface area contributed by atoms with Crippen LogP contribution in [0.2, 0.25) is 5.15 Å². The van der Waals surface area contributed by atoms with Gasteiger partial charge in [-0.2, -0.15) is 0 Å². The zero-order valence-corrected chi connectivity index (χ0v) is 17.6. The van der Waals surface area contributed by atoms with E-state index in [9.17, 15) is 14.8 Å². The minimum atomic E-state index is -4.35. The molecule has 30 heavy (non-hydrogen) atoms. The lowest BCUT2D eigenvalue weighted by molar-refractivity contribution is -0.0609. The minimum Gasteiger partial charge on any atom is -0.387 e. The lowest BCUT2D eigenvalue weighted by atomic mass is 10.1. The van der Waals surface area contributed by atoms with Crippen LogP contribution in [-0.4, -0.2) is 71.8 Å². The number of nitrogens with zero attached hydrogens (tertiary/aromatic N) is 3. The Hall–Kier alpha value is -1.30. The summed E-state index contributed by atoms with van der Waals surface area (Å²) in [5.41, 5.74) is 0.434. The van der Waals surface area contributed by atoms with E-state index in [0.29, 0.717) is 22.9 Å². The average molecular weight is 463 g/mol. The maximum atomic E-state index is 10.9. The zero-order chi connectivity index (χ0) is 21.5. The van der Waals surface area contributed by atoms with Gasteiger partial charge in [0.25, 0.3) is 0 Å². The lowest BCUT2D eigenvalue weighted by Gasteiger charge is -2.19. The molecule has 2 aromatic heterocycles. The van der Waals surface area contributed by atoms with Gasteiger partial charge in [-0.15, -0.1) is 0 Å². The van der Waals surface area contributed by atoms with Gasteiger partial charge >= 0.3 is 7.60 Å². The second-order valence-corrected chi connectivity index (χ2v) is 9.61. The van der Waals surface area contributed by atoms with Gasteiger partial charge in [0.1, 0.15) is 47.6 Å². The summed E-state index contributed by atoms with van der Waals surface area (Å²) in [6.07, 6.45) is 0.312. The van der Waals surface area contributed by atoms with Crippen LogP contribution in [0.3, 0.4) is 0 Å². The number of ether oxygens (including phenoxy) is 2. The quantitative estimate of drug-likeness (QED) is 0.378. The van der Waals surface area contributed by atoms with Gasteiger partial charge in [-0.1, -0.05) is 24.4 Å². The molecule has 3 heterocycles. The van der Waals surface area contributed by atoms with E-state index >= 15 is 0 Å². The van der Waals surface area contributed by atoms with Crippen molar-refractivity contribution < 1.29 is 34.0 Å². The van der Waals surface area contributed by atoms with E-state index in [4.69, 9.17) is 30.9 Å². The van der Waals surface area contributed by atoms with Crippen LogP contribution in [-0.2, 0) is 14.0 Å². The summed E-state index contributed by atoms with van der Waals surface area (Å²) in [5, 5.41) is 25.2. The van der Waals surface area contributed by atoms with Gasteiger partial charge in [0.05, 0.1) is 12.0 Å². The minimum absolute atomic E-state index is 0.244. The molecule has 2 aliphatic rings. The SMILES string of the molecule is O=P(O)(O)COC[C@H]1O[C@@H](n2c(Cl)cc3c(NC4CCCC4)ncnc32)[C@H](O)[C@@H]1O. The van der Waals surface area contributed by atoms with Crippen LogP contribution in [0.15, 0.2) is 12.4 Å². The fraction of sp³-hybridized carbons (Fsp3) is 0.647. The molecular formula is C17H24ClN4O7P. The molecule has 4 atom stereocenters. The average Bonchev–Trinajstić information content (AvgIpc) is 3.36. The van der Waals surface area contributed by atoms with E-state index in [1.54, 1.807) is 6.07 Å². The topological polar surface area (TPSA) is 159 Å². The van der Waals surface area contributed by atoms with Crippen molar-refractivity contribution in [1.29, 1.82) is 0 Å². The highest BCUT2D eigenvalue weighted by molar-refractivity contribution is 7.51. The highest BCUT2D eigenvalue weighted by Crippen LogP contribution is 2.38. The van der Waals surface area contributed by atoms with E-state index in [2.05, 4.69) is 15.3 Å². The summed E-state index contributed by atoms with van der Waals surface area (Å²) in [4.78, 5) is 26.4. The number of fused-ring (bicyclic) bond motifs is 1. The summed E-state index contributed by atoms with van der Waals surface area (Å²) in [5.74, 6) is 0.641. The van der Waals surface area contributed by atoms with E-state index < -0.39 is 38.5 Å². The Bertz CT molecular complexity index is 948. The molecule has 1 aliphatic heterocycles. The normalized spacial score (nSPS) is 27.9. The van der Waals surface area contributed by atoms with Crippen LogP contribution in [0, 0.1) is 0 Å².